The van der Waals surface area contributed by atoms with Crippen LogP contribution in [0.25, 0.3) is 10.8 Å². The van der Waals surface area contributed by atoms with Crippen LogP contribution in [0, 0.1) is 12.3 Å². The number of aliphatic hydroxyl groups excluding tert-OH is 1. The maximum absolute atomic E-state index is 12.7. The van der Waals surface area contributed by atoms with E-state index in [2.05, 4.69) is 5.32 Å². The highest BCUT2D eigenvalue weighted by atomic mass is 16.3. The Balaban J connectivity index is 1.79. The third kappa shape index (κ3) is 3.84. The first kappa shape index (κ1) is 19.8. The second kappa shape index (κ2) is 7.97. The van der Waals surface area contributed by atoms with Gasteiger partial charge in [0.1, 0.15) is 0 Å². The van der Waals surface area contributed by atoms with E-state index in [0.717, 1.165) is 0 Å². The van der Waals surface area contributed by atoms with Crippen LogP contribution in [0.3, 0.4) is 0 Å². The number of nitrogens with one attached hydrogen (secondary N) is 1. The van der Waals surface area contributed by atoms with E-state index in [-0.39, 0.29) is 37.0 Å². The minimum Gasteiger partial charge on any atom is -0.389 e. The van der Waals surface area contributed by atoms with Crippen LogP contribution in [-0.4, -0.2) is 38.4 Å². The molecular weight excluding hydrogens is 364 g/mol. The molecule has 0 saturated heterocycles. The molecule has 4 N–H and O–H groups in total. The molecule has 2 amide bonds. The summed E-state index contributed by atoms with van der Waals surface area (Å²) in [6, 6.07) is 5.92. The Labute approximate surface area is 160 Å². The van der Waals surface area contributed by atoms with Crippen molar-refractivity contribution in [3.05, 3.63) is 51.4 Å². The summed E-state index contributed by atoms with van der Waals surface area (Å²) >= 11 is 0. The van der Waals surface area contributed by atoms with E-state index in [1.165, 1.54) is 15.8 Å². The van der Waals surface area contributed by atoms with Gasteiger partial charge in [0.15, 0.2) is 0 Å². The van der Waals surface area contributed by atoms with Crippen LogP contribution < -0.4 is 22.2 Å². The number of benzene rings is 1. The number of carbonyl (C=O) groups is 2. The lowest BCUT2D eigenvalue weighted by Gasteiger charge is -2.21. The molecule has 3 atom stereocenters. The lowest BCUT2D eigenvalue weighted by atomic mass is 10.0. The number of fused-ring (bicyclic) bond motifs is 2. The van der Waals surface area contributed by atoms with Crippen LogP contribution in [0.5, 0.6) is 0 Å². The molecule has 1 radical (unpaired) electrons. The molecule has 28 heavy (non-hydrogen) atoms. The molecule has 0 aliphatic carbocycles. The van der Waals surface area contributed by atoms with E-state index in [9.17, 15) is 24.3 Å². The first-order valence-corrected chi connectivity index (χ1v) is 9.13. The summed E-state index contributed by atoms with van der Waals surface area (Å²) in [5.41, 5.74) is 4.51. The number of rotatable bonds is 5. The van der Waals surface area contributed by atoms with Gasteiger partial charge in [-0.25, -0.2) is 9.36 Å². The van der Waals surface area contributed by atoms with Crippen LogP contribution in [0.2, 0.25) is 0 Å². The fraction of sp³-hybridized carbons (Fsp3) is 0.421. The fourth-order valence-corrected chi connectivity index (χ4v) is 3.33. The number of hydrogen-bond acceptors (Lipinski definition) is 5. The SMILES string of the molecule is CC(C[CH]C(=O)NC1CCn2c(=O)c3ccccc3c(=O)n2C[C@@H]1O)C(N)=O. The third-order valence-electron chi connectivity index (χ3n) is 5.09. The Morgan fingerprint density at radius 1 is 1.25 bits per heavy atom. The van der Waals surface area contributed by atoms with Crippen molar-refractivity contribution in [2.45, 2.75) is 45.0 Å². The molecule has 2 unspecified atom stereocenters. The molecule has 0 fully saturated rings. The lowest BCUT2D eigenvalue weighted by molar-refractivity contribution is -0.121. The monoisotopic (exact) mass is 387 g/mol. The Morgan fingerprint density at radius 2 is 1.86 bits per heavy atom. The second-order valence-corrected chi connectivity index (χ2v) is 7.08. The number of amides is 2. The van der Waals surface area contributed by atoms with E-state index in [4.69, 9.17) is 5.73 Å². The highest BCUT2D eigenvalue weighted by molar-refractivity contribution is 5.86. The highest BCUT2D eigenvalue weighted by Gasteiger charge is 2.28. The maximum Gasteiger partial charge on any atom is 0.273 e. The number of aliphatic hydroxyl groups is 1. The highest BCUT2D eigenvalue weighted by Crippen LogP contribution is 2.12. The largest absolute Gasteiger partial charge is 0.389 e. The normalized spacial score (nSPS) is 20.2. The zero-order valence-corrected chi connectivity index (χ0v) is 15.5. The quantitative estimate of drug-likeness (QED) is 0.612. The molecule has 3 rings (SSSR count). The number of aromatic nitrogens is 2. The van der Waals surface area contributed by atoms with Gasteiger partial charge in [-0.15, -0.1) is 0 Å². The van der Waals surface area contributed by atoms with Gasteiger partial charge in [-0.3, -0.25) is 19.2 Å². The summed E-state index contributed by atoms with van der Waals surface area (Å²) in [5, 5.41) is 13.8. The molecule has 1 aliphatic rings. The molecule has 1 aromatic carbocycles. The third-order valence-corrected chi connectivity index (χ3v) is 5.09. The van der Waals surface area contributed by atoms with Crippen molar-refractivity contribution in [2.24, 2.45) is 11.7 Å². The van der Waals surface area contributed by atoms with Gasteiger partial charge in [0.2, 0.25) is 11.8 Å². The Kier molecular flexibility index (Phi) is 5.64. The molecule has 0 saturated carbocycles. The molecule has 149 valence electrons. The van der Waals surface area contributed by atoms with Crippen molar-refractivity contribution in [3.63, 3.8) is 0 Å². The van der Waals surface area contributed by atoms with Crippen molar-refractivity contribution < 1.29 is 14.7 Å². The summed E-state index contributed by atoms with van der Waals surface area (Å²) in [7, 11) is 0. The number of hydrogen-bond donors (Lipinski definition) is 3. The van der Waals surface area contributed by atoms with Gasteiger partial charge < -0.3 is 16.2 Å². The zero-order chi connectivity index (χ0) is 20.4. The summed E-state index contributed by atoms with van der Waals surface area (Å²) < 4.78 is 2.55. The topological polar surface area (TPSA) is 136 Å². The zero-order valence-electron chi connectivity index (χ0n) is 15.5. The van der Waals surface area contributed by atoms with E-state index in [0.29, 0.717) is 10.8 Å². The van der Waals surface area contributed by atoms with Gasteiger partial charge in [0, 0.05) is 12.5 Å². The minimum absolute atomic E-state index is 0.110. The summed E-state index contributed by atoms with van der Waals surface area (Å²) in [6.07, 6.45) is 0.739. The summed E-state index contributed by atoms with van der Waals surface area (Å²) in [6.45, 7) is 1.69. The Morgan fingerprint density at radius 3 is 2.46 bits per heavy atom. The van der Waals surface area contributed by atoms with Crippen molar-refractivity contribution in [2.75, 3.05) is 0 Å². The van der Waals surface area contributed by atoms with E-state index in [1.807, 2.05) is 0 Å². The van der Waals surface area contributed by atoms with E-state index >= 15 is 0 Å². The summed E-state index contributed by atoms with van der Waals surface area (Å²) in [5.74, 6) is -1.41. The molecule has 0 spiro atoms. The van der Waals surface area contributed by atoms with Crippen LogP contribution >= 0.6 is 0 Å². The van der Waals surface area contributed by atoms with Gasteiger partial charge in [-0.05, 0) is 25.0 Å². The smallest absolute Gasteiger partial charge is 0.273 e. The molecule has 9 nitrogen and oxygen atoms in total. The molecule has 9 heteroatoms. The van der Waals surface area contributed by atoms with Crippen molar-refractivity contribution in [1.82, 2.24) is 14.7 Å². The van der Waals surface area contributed by atoms with Gasteiger partial charge in [0.25, 0.3) is 11.1 Å². The first-order chi connectivity index (χ1) is 13.3. The van der Waals surface area contributed by atoms with Crippen LogP contribution in [-0.2, 0) is 22.7 Å². The van der Waals surface area contributed by atoms with Crippen LogP contribution in [0.1, 0.15) is 19.8 Å². The van der Waals surface area contributed by atoms with Gasteiger partial charge in [0.05, 0.1) is 35.9 Å². The van der Waals surface area contributed by atoms with E-state index < -0.39 is 29.9 Å². The van der Waals surface area contributed by atoms with Crippen LogP contribution in [0.4, 0.5) is 0 Å². The molecule has 2 aromatic rings. The first-order valence-electron chi connectivity index (χ1n) is 9.13. The minimum atomic E-state index is -1.04. The Hall–Kier alpha value is -2.94. The molecule has 1 aliphatic heterocycles. The van der Waals surface area contributed by atoms with Crippen molar-refractivity contribution in [3.8, 4) is 0 Å². The summed E-state index contributed by atoms with van der Waals surface area (Å²) in [4.78, 5) is 48.7. The lowest BCUT2D eigenvalue weighted by Crippen LogP contribution is -2.45. The standard InChI is InChI=1S/C19H23N4O5/c1-11(17(20)26)6-7-16(25)21-14-8-9-22-18(27)12-4-2-3-5-13(12)19(28)23(22)10-15(14)24/h2-5,7,11,14-15,24H,6,8-10H2,1H3,(H2,20,26)(H,21,25)/t11?,14?,15-/m0/s1. The average Bonchev–Trinajstić information content (AvgIpc) is 2.83. The molecule has 2 heterocycles. The van der Waals surface area contributed by atoms with Crippen molar-refractivity contribution in [1.29, 1.82) is 0 Å². The number of nitrogens with two attached hydrogens (primary N) is 1. The van der Waals surface area contributed by atoms with E-state index in [1.54, 1.807) is 31.2 Å². The van der Waals surface area contributed by atoms with Gasteiger partial charge in [-0.1, -0.05) is 19.1 Å². The van der Waals surface area contributed by atoms with Gasteiger partial charge in [-0.2, -0.15) is 0 Å². The fourth-order valence-electron chi connectivity index (χ4n) is 3.33. The van der Waals surface area contributed by atoms with Crippen LogP contribution in [0.15, 0.2) is 33.9 Å². The number of carbonyl (C=O) groups excluding carboxylic acids is 2. The second-order valence-electron chi connectivity index (χ2n) is 7.08. The average molecular weight is 387 g/mol. The maximum atomic E-state index is 12.7. The molecule has 1 aromatic heterocycles. The van der Waals surface area contributed by atoms with Gasteiger partial charge >= 0.3 is 0 Å². The predicted molar refractivity (Wildman–Crippen MR) is 102 cm³/mol. The number of nitrogens with zero attached hydrogens (tertiary/aromatic N) is 2. The Bertz CT molecular complexity index is 1030. The molecule has 0 bridgehead atoms. The molecular formula is C19H23N4O5. The predicted octanol–water partition coefficient (Wildman–Crippen LogP) is -0.872. The number of primary amides is 1. The van der Waals surface area contributed by atoms with Crippen molar-refractivity contribution >= 4 is 22.6 Å².